The number of rotatable bonds is 7. The van der Waals surface area contributed by atoms with Crippen LogP contribution >= 0.6 is 11.6 Å². The molecule has 33 heavy (non-hydrogen) atoms. The SMILES string of the molecule is O=C(O)CC(NC(=O)c1cc(O)n(-c2ccccc2Cl)n1)c1ccc(N2CCOCC2)cc1. The lowest BCUT2D eigenvalue weighted by molar-refractivity contribution is -0.137. The van der Waals surface area contributed by atoms with Crippen molar-refractivity contribution in [3.8, 4) is 11.6 Å². The number of aromatic hydroxyl groups is 1. The Balaban J connectivity index is 1.53. The van der Waals surface area contributed by atoms with Crippen LogP contribution in [-0.2, 0) is 9.53 Å². The van der Waals surface area contributed by atoms with Gasteiger partial charge in [-0.25, -0.2) is 0 Å². The molecule has 1 aromatic heterocycles. The van der Waals surface area contributed by atoms with Gasteiger partial charge in [-0.05, 0) is 29.8 Å². The molecule has 2 aromatic carbocycles. The van der Waals surface area contributed by atoms with Crippen molar-refractivity contribution in [1.82, 2.24) is 15.1 Å². The van der Waals surface area contributed by atoms with E-state index in [1.165, 1.54) is 6.07 Å². The smallest absolute Gasteiger partial charge is 0.305 e. The number of carboxylic acids is 1. The summed E-state index contributed by atoms with van der Waals surface area (Å²) >= 11 is 6.16. The van der Waals surface area contributed by atoms with Gasteiger partial charge in [0.25, 0.3) is 5.91 Å². The molecular formula is C23H23ClN4O5. The maximum atomic E-state index is 12.9. The van der Waals surface area contributed by atoms with Crippen LogP contribution in [0.5, 0.6) is 5.88 Å². The number of nitrogens with zero attached hydrogens (tertiary/aromatic N) is 3. The number of aliphatic carboxylic acids is 1. The maximum absolute atomic E-state index is 12.9. The van der Waals surface area contributed by atoms with E-state index in [1.807, 2.05) is 12.1 Å². The molecule has 1 fully saturated rings. The van der Waals surface area contributed by atoms with E-state index in [1.54, 1.807) is 36.4 Å². The number of morpholine rings is 1. The summed E-state index contributed by atoms with van der Waals surface area (Å²) in [5.41, 5.74) is 2.01. The molecule has 0 aliphatic carbocycles. The second-order valence-electron chi connectivity index (χ2n) is 7.57. The molecule has 9 nitrogen and oxygen atoms in total. The Labute approximate surface area is 195 Å². The molecule has 1 aliphatic rings. The monoisotopic (exact) mass is 470 g/mol. The number of hydrogen-bond donors (Lipinski definition) is 3. The predicted molar refractivity (Wildman–Crippen MR) is 122 cm³/mol. The fraction of sp³-hybridized carbons (Fsp3) is 0.261. The van der Waals surface area contributed by atoms with Gasteiger partial charge in [-0.1, -0.05) is 35.9 Å². The molecule has 1 unspecified atom stereocenters. The van der Waals surface area contributed by atoms with Crippen molar-refractivity contribution in [2.75, 3.05) is 31.2 Å². The van der Waals surface area contributed by atoms with Crippen LogP contribution in [0.4, 0.5) is 5.69 Å². The van der Waals surface area contributed by atoms with E-state index >= 15 is 0 Å². The summed E-state index contributed by atoms with van der Waals surface area (Å²) in [6.07, 6.45) is -0.306. The fourth-order valence-corrected chi connectivity index (χ4v) is 3.90. The number of hydrogen-bond acceptors (Lipinski definition) is 6. The molecule has 1 saturated heterocycles. The van der Waals surface area contributed by atoms with E-state index in [9.17, 15) is 19.8 Å². The molecule has 2 heterocycles. The van der Waals surface area contributed by atoms with Gasteiger partial charge in [-0.2, -0.15) is 9.78 Å². The Kier molecular flexibility index (Phi) is 6.81. The minimum Gasteiger partial charge on any atom is -0.493 e. The molecule has 1 atom stereocenters. The number of nitrogens with one attached hydrogen (secondary N) is 1. The highest BCUT2D eigenvalue weighted by Gasteiger charge is 2.23. The third-order valence-electron chi connectivity index (χ3n) is 5.36. The lowest BCUT2D eigenvalue weighted by atomic mass is 10.0. The van der Waals surface area contributed by atoms with E-state index in [0.717, 1.165) is 23.5 Å². The van der Waals surface area contributed by atoms with E-state index < -0.39 is 17.9 Å². The Bertz CT molecular complexity index is 1140. The normalized spacial score (nSPS) is 14.6. The highest BCUT2D eigenvalue weighted by molar-refractivity contribution is 6.32. The first-order chi connectivity index (χ1) is 15.9. The van der Waals surface area contributed by atoms with Gasteiger partial charge < -0.3 is 25.2 Å². The van der Waals surface area contributed by atoms with Gasteiger partial charge >= 0.3 is 5.97 Å². The summed E-state index contributed by atoms with van der Waals surface area (Å²) in [4.78, 5) is 26.5. The van der Waals surface area contributed by atoms with E-state index in [-0.39, 0.29) is 18.0 Å². The molecule has 172 valence electrons. The van der Waals surface area contributed by atoms with E-state index in [2.05, 4.69) is 15.3 Å². The first-order valence-corrected chi connectivity index (χ1v) is 10.8. The quantitative estimate of drug-likeness (QED) is 0.486. The third-order valence-corrected chi connectivity index (χ3v) is 5.68. The van der Waals surface area contributed by atoms with Crippen LogP contribution < -0.4 is 10.2 Å². The molecule has 1 aliphatic heterocycles. The van der Waals surface area contributed by atoms with Crippen LogP contribution in [0.1, 0.15) is 28.5 Å². The molecular weight excluding hydrogens is 448 g/mol. The number of anilines is 1. The number of carboxylic acid groups (broad SMARTS) is 1. The van der Waals surface area contributed by atoms with Crippen molar-refractivity contribution >= 4 is 29.2 Å². The van der Waals surface area contributed by atoms with Crippen LogP contribution in [0.25, 0.3) is 5.69 Å². The molecule has 3 N–H and O–H groups in total. The number of ether oxygens (including phenoxy) is 1. The van der Waals surface area contributed by atoms with Gasteiger partial charge in [0.05, 0.1) is 36.4 Å². The molecule has 0 bridgehead atoms. The van der Waals surface area contributed by atoms with Crippen molar-refractivity contribution in [2.24, 2.45) is 0 Å². The summed E-state index contributed by atoms with van der Waals surface area (Å²) in [5, 5.41) is 26.8. The van der Waals surface area contributed by atoms with E-state index in [0.29, 0.717) is 29.5 Å². The largest absolute Gasteiger partial charge is 0.493 e. The zero-order chi connectivity index (χ0) is 23.4. The van der Waals surface area contributed by atoms with Crippen molar-refractivity contribution in [1.29, 1.82) is 0 Å². The summed E-state index contributed by atoms with van der Waals surface area (Å²) in [6.45, 7) is 2.89. The minimum absolute atomic E-state index is 0.0623. The van der Waals surface area contributed by atoms with Crippen LogP contribution in [0, 0.1) is 0 Å². The predicted octanol–water partition coefficient (Wildman–Crippen LogP) is 3.01. The molecule has 4 rings (SSSR count). The van der Waals surface area contributed by atoms with Crippen LogP contribution in [-0.4, -0.2) is 58.2 Å². The molecule has 1 amide bonds. The first kappa shape index (κ1) is 22.6. The Morgan fingerprint density at radius 1 is 1.12 bits per heavy atom. The Hall–Kier alpha value is -3.56. The third kappa shape index (κ3) is 5.27. The molecule has 10 heteroatoms. The average Bonchev–Trinajstić information content (AvgIpc) is 3.21. The number of amides is 1. The van der Waals surface area contributed by atoms with Gasteiger partial charge in [0.15, 0.2) is 5.69 Å². The lowest BCUT2D eigenvalue weighted by Gasteiger charge is -2.29. The lowest BCUT2D eigenvalue weighted by Crippen LogP contribution is -2.36. The Morgan fingerprint density at radius 3 is 2.48 bits per heavy atom. The fourth-order valence-electron chi connectivity index (χ4n) is 3.68. The minimum atomic E-state index is -1.05. The first-order valence-electron chi connectivity index (χ1n) is 10.4. The zero-order valence-electron chi connectivity index (χ0n) is 17.6. The number of halogens is 1. The molecule has 0 spiro atoms. The highest BCUT2D eigenvalue weighted by Crippen LogP contribution is 2.26. The number of para-hydroxylation sites is 1. The van der Waals surface area contributed by atoms with Gasteiger partial charge in [0, 0.05) is 24.8 Å². The van der Waals surface area contributed by atoms with Crippen LogP contribution in [0.3, 0.4) is 0 Å². The summed E-state index contributed by atoms with van der Waals surface area (Å²) in [6, 6.07) is 14.6. The Morgan fingerprint density at radius 2 is 1.82 bits per heavy atom. The van der Waals surface area contributed by atoms with Gasteiger partial charge in [-0.15, -0.1) is 0 Å². The summed E-state index contributed by atoms with van der Waals surface area (Å²) < 4.78 is 6.52. The van der Waals surface area contributed by atoms with Crippen molar-refractivity contribution in [3.05, 3.63) is 70.9 Å². The summed E-state index contributed by atoms with van der Waals surface area (Å²) in [7, 11) is 0. The van der Waals surface area contributed by atoms with Crippen LogP contribution in [0.2, 0.25) is 5.02 Å². The highest BCUT2D eigenvalue weighted by atomic mass is 35.5. The molecule has 3 aromatic rings. The van der Waals surface area contributed by atoms with Crippen molar-refractivity contribution < 1.29 is 24.5 Å². The standard InChI is InChI=1S/C23H23ClN4O5/c24-17-3-1-2-4-20(17)28-21(29)13-19(26-28)23(32)25-18(14-22(30)31)15-5-7-16(8-6-15)27-9-11-33-12-10-27/h1-8,13,18,29H,9-12,14H2,(H,25,32)(H,30,31). The second-order valence-corrected chi connectivity index (χ2v) is 7.97. The maximum Gasteiger partial charge on any atom is 0.305 e. The van der Waals surface area contributed by atoms with Gasteiger partial charge in [0.1, 0.15) is 0 Å². The zero-order valence-corrected chi connectivity index (χ0v) is 18.4. The van der Waals surface area contributed by atoms with E-state index in [4.69, 9.17) is 16.3 Å². The van der Waals surface area contributed by atoms with Crippen molar-refractivity contribution in [2.45, 2.75) is 12.5 Å². The van der Waals surface area contributed by atoms with Gasteiger partial charge in [-0.3, -0.25) is 9.59 Å². The topological polar surface area (TPSA) is 117 Å². The average molecular weight is 471 g/mol. The van der Waals surface area contributed by atoms with Crippen LogP contribution in [0.15, 0.2) is 54.6 Å². The number of benzene rings is 2. The van der Waals surface area contributed by atoms with Crippen molar-refractivity contribution in [3.63, 3.8) is 0 Å². The molecule has 0 radical (unpaired) electrons. The number of aromatic nitrogens is 2. The number of carbonyl (C=O) groups excluding carboxylic acids is 1. The summed E-state index contributed by atoms with van der Waals surface area (Å²) in [5.74, 6) is -1.93. The van der Waals surface area contributed by atoms with Gasteiger partial charge in [0.2, 0.25) is 5.88 Å². The molecule has 0 saturated carbocycles. The second kappa shape index (κ2) is 9.93. The number of carbonyl (C=O) groups is 2.